The number of rotatable bonds is 7. The molecule has 178 valence electrons. The summed E-state index contributed by atoms with van der Waals surface area (Å²) in [6.07, 6.45) is 6.66. The number of carbonyl (C=O) groups is 1. The molecule has 0 spiro atoms. The van der Waals surface area contributed by atoms with Gasteiger partial charge in [0, 0.05) is 48.4 Å². The van der Waals surface area contributed by atoms with Gasteiger partial charge >= 0.3 is 5.97 Å². The van der Waals surface area contributed by atoms with Crippen molar-refractivity contribution in [3.05, 3.63) is 23.9 Å². The quantitative estimate of drug-likeness (QED) is 0.467. The summed E-state index contributed by atoms with van der Waals surface area (Å²) in [5.41, 5.74) is 7.59. The van der Waals surface area contributed by atoms with Gasteiger partial charge in [0.25, 0.3) is 0 Å². The first-order valence-electron chi connectivity index (χ1n) is 11.8. The monoisotopic (exact) mass is 457 g/mol. The second kappa shape index (κ2) is 9.36. The van der Waals surface area contributed by atoms with E-state index in [0.717, 1.165) is 48.8 Å². The van der Waals surface area contributed by atoms with Crippen LogP contribution in [0.5, 0.6) is 0 Å². The van der Waals surface area contributed by atoms with Crippen molar-refractivity contribution in [2.75, 3.05) is 31.0 Å². The van der Waals surface area contributed by atoms with Crippen molar-refractivity contribution in [1.82, 2.24) is 25.7 Å². The maximum atomic E-state index is 13.0. The van der Waals surface area contributed by atoms with E-state index in [4.69, 9.17) is 9.72 Å². The maximum absolute atomic E-state index is 13.0. The number of halogens is 1. The highest BCUT2D eigenvalue weighted by atomic mass is 19.1. The van der Waals surface area contributed by atoms with E-state index in [0.29, 0.717) is 36.1 Å². The number of piperidine rings is 1. The van der Waals surface area contributed by atoms with Gasteiger partial charge in [-0.3, -0.25) is 15.3 Å². The highest BCUT2D eigenvalue weighted by molar-refractivity contribution is 5.98. The highest BCUT2D eigenvalue weighted by Gasteiger charge is 2.40. The molecule has 0 aromatic carbocycles. The summed E-state index contributed by atoms with van der Waals surface area (Å²) in [5, 5.41) is 7.87. The number of aromatic nitrogens is 2. The second-order valence-corrected chi connectivity index (χ2v) is 9.39. The number of esters is 1. The molecule has 5 heterocycles. The van der Waals surface area contributed by atoms with Gasteiger partial charge in [-0.25, -0.2) is 19.6 Å². The Morgan fingerprint density at radius 1 is 1.21 bits per heavy atom. The molecule has 3 unspecified atom stereocenters. The summed E-state index contributed by atoms with van der Waals surface area (Å²) < 4.78 is 17.9. The van der Waals surface area contributed by atoms with Crippen LogP contribution in [0.25, 0.3) is 10.9 Å². The number of fused-ring (bicyclic) bond motifs is 3. The zero-order valence-electron chi connectivity index (χ0n) is 19.1. The van der Waals surface area contributed by atoms with E-state index in [9.17, 15) is 9.18 Å². The molecule has 2 aromatic rings. The summed E-state index contributed by atoms with van der Waals surface area (Å²) in [7, 11) is 1.36. The predicted octanol–water partition coefficient (Wildman–Crippen LogP) is 2.42. The van der Waals surface area contributed by atoms with Crippen molar-refractivity contribution >= 4 is 28.5 Å². The molecular formula is C23H32FN7O2. The van der Waals surface area contributed by atoms with Gasteiger partial charge in [0.05, 0.1) is 24.4 Å². The fraction of sp³-hybridized carbons (Fsp3) is 0.609. The van der Waals surface area contributed by atoms with Gasteiger partial charge in [0.1, 0.15) is 18.3 Å². The molecule has 5 rings (SSSR count). The molecule has 3 aliphatic heterocycles. The minimum absolute atomic E-state index is 0.0620. The lowest BCUT2D eigenvalue weighted by Crippen LogP contribution is -2.47. The van der Waals surface area contributed by atoms with E-state index in [-0.39, 0.29) is 18.9 Å². The maximum Gasteiger partial charge on any atom is 0.339 e. The zero-order chi connectivity index (χ0) is 22.9. The number of hydrazine groups is 1. The first-order chi connectivity index (χ1) is 16.0. The molecule has 0 amide bonds. The molecule has 3 fully saturated rings. The van der Waals surface area contributed by atoms with Crippen LogP contribution in [0.2, 0.25) is 0 Å². The van der Waals surface area contributed by atoms with Gasteiger partial charge < -0.3 is 15.4 Å². The number of hydrogen-bond donors (Lipinski definition) is 4. The van der Waals surface area contributed by atoms with Crippen molar-refractivity contribution in [3.8, 4) is 0 Å². The topological polar surface area (TPSA) is 103 Å². The Hall–Kier alpha value is -2.56. The number of nitrogens with zero attached hydrogens (tertiary/aromatic N) is 3. The lowest BCUT2D eigenvalue weighted by atomic mass is 9.97. The SMILES string of the molecule is COC(=O)c1cnc2cc(NC3CC(C)NN3)nc(NC3C[C@H]4CC[C@@H](C3)N4CCF)c2c1. The standard InChI is InChI=1S/C23H32FN7O2/c1-13-7-21(30-29-13)27-20-11-19-18(8-14(12-25-19)23(32)33-2)22(28-20)26-15-9-16-3-4-17(10-15)31(16)6-5-24/h8,11-13,15-17,21,29-30H,3-7,9-10H2,1-2H3,(H2,26,27,28)/t13?,15?,16-,17+,21?. The van der Waals surface area contributed by atoms with Crippen LogP contribution in [-0.4, -0.2) is 71.5 Å². The lowest BCUT2D eigenvalue weighted by molar-refractivity contribution is 0.0600. The van der Waals surface area contributed by atoms with Crippen molar-refractivity contribution in [2.24, 2.45) is 0 Å². The Kier molecular flexibility index (Phi) is 6.31. The molecule has 5 atom stereocenters. The van der Waals surface area contributed by atoms with Crippen LogP contribution in [0.1, 0.15) is 49.4 Å². The average molecular weight is 458 g/mol. The van der Waals surface area contributed by atoms with Crippen molar-refractivity contribution in [3.63, 3.8) is 0 Å². The second-order valence-electron chi connectivity index (χ2n) is 9.39. The Morgan fingerprint density at radius 2 is 2.00 bits per heavy atom. The molecule has 33 heavy (non-hydrogen) atoms. The average Bonchev–Trinajstić information content (AvgIpc) is 3.31. The number of hydrogen-bond acceptors (Lipinski definition) is 9. The molecule has 2 bridgehead atoms. The van der Waals surface area contributed by atoms with Crippen molar-refractivity contribution < 1.29 is 13.9 Å². The number of nitrogens with one attached hydrogen (secondary N) is 4. The van der Waals surface area contributed by atoms with E-state index in [1.165, 1.54) is 13.3 Å². The minimum Gasteiger partial charge on any atom is -0.465 e. The highest BCUT2D eigenvalue weighted by Crippen LogP contribution is 2.37. The summed E-state index contributed by atoms with van der Waals surface area (Å²) in [5.74, 6) is 0.996. The van der Waals surface area contributed by atoms with Crippen molar-refractivity contribution in [2.45, 2.75) is 69.4 Å². The summed E-state index contributed by atoms with van der Waals surface area (Å²) in [6.45, 7) is 2.35. The molecule has 0 radical (unpaired) electrons. The van der Waals surface area contributed by atoms with E-state index in [1.54, 1.807) is 6.07 Å². The number of ether oxygens (including phenoxy) is 1. The van der Waals surface area contributed by atoms with Crippen LogP contribution in [-0.2, 0) is 4.74 Å². The smallest absolute Gasteiger partial charge is 0.339 e. The molecule has 0 saturated carbocycles. The van der Waals surface area contributed by atoms with E-state index in [1.807, 2.05) is 6.07 Å². The van der Waals surface area contributed by atoms with E-state index in [2.05, 4.69) is 38.3 Å². The van der Waals surface area contributed by atoms with Crippen LogP contribution in [0.15, 0.2) is 18.3 Å². The van der Waals surface area contributed by atoms with Crippen molar-refractivity contribution in [1.29, 1.82) is 0 Å². The fourth-order valence-electron chi connectivity index (χ4n) is 5.57. The lowest BCUT2D eigenvalue weighted by Gasteiger charge is -2.39. The molecular weight excluding hydrogens is 425 g/mol. The minimum atomic E-state index is -0.426. The summed E-state index contributed by atoms with van der Waals surface area (Å²) >= 11 is 0. The molecule has 2 aromatic heterocycles. The van der Waals surface area contributed by atoms with Gasteiger partial charge in [0.2, 0.25) is 0 Å². The summed E-state index contributed by atoms with van der Waals surface area (Å²) in [4.78, 5) is 23.8. The molecule has 3 saturated heterocycles. The molecule has 4 N–H and O–H groups in total. The predicted molar refractivity (Wildman–Crippen MR) is 125 cm³/mol. The third kappa shape index (κ3) is 4.60. The van der Waals surface area contributed by atoms with Crippen LogP contribution >= 0.6 is 0 Å². The number of carbonyl (C=O) groups excluding carboxylic acids is 1. The molecule has 10 heteroatoms. The van der Waals surface area contributed by atoms with Crippen LogP contribution in [0, 0.1) is 0 Å². The van der Waals surface area contributed by atoms with Gasteiger partial charge in [-0.15, -0.1) is 0 Å². The number of pyridine rings is 2. The van der Waals surface area contributed by atoms with Gasteiger partial charge in [-0.2, -0.15) is 0 Å². The van der Waals surface area contributed by atoms with Gasteiger partial charge in [-0.05, 0) is 45.1 Å². The fourth-order valence-corrected chi connectivity index (χ4v) is 5.57. The Balaban J connectivity index is 1.43. The first-order valence-corrected chi connectivity index (χ1v) is 11.8. The number of methoxy groups -OCH3 is 1. The largest absolute Gasteiger partial charge is 0.465 e. The van der Waals surface area contributed by atoms with E-state index >= 15 is 0 Å². The third-order valence-electron chi connectivity index (χ3n) is 7.08. The van der Waals surface area contributed by atoms with Crippen LogP contribution in [0.4, 0.5) is 16.0 Å². The third-order valence-corrected chi connectivity index (χ3v) is 7.08. The molecule has 0 aliphatic carbocycles. The Bertz CT molecular complexity index is 1010. The zero-order valence-corrected chi connectivity index (χ0v) is 19.1. The van der Waals surface area contributed by atoms with Crippen LogP contribution in [0.3, 0.4) is 0 Å². The van der Waals surface area contributed by atoms with Gasteiger partial charge in [0.15, 0.2) is 0 Å². The number of alkyl halides is 1. The Morgan fingerprint density at radius 3 is 2.67 bits per heavy atom. The summed E-state index contributed by atoms with van der Waals surface area (Å²) in [6, 6.07) is 5.10. The first kappa shape index (κ1) is 22.2. The van der Waals surface area contributed by atoms with Crippen LogP contribution < -0.4 is 21.5 Å². The molecule has 3 aliphatic rings. The normalized spacial score (nSPS) is 29.4. The van der Waals surface area contributed by atoms with E-state index < -0.39 is 5.97 Å². The molecule has 9 nitrogen and oxygen atoms in total. The van der Waals surface area contributed by atoms with Gasteiger partial charge in [-0.1, -0.05) is 0 Å². The number of anilines is 2. The Labute approximate surface area is 192 Å².